The monoisotopic (exact) mass is 556 g/mol. The zero-order valence-corrected chi connectivity index (χ0v) is 23.7. The van der Waals surface area contributed by atoms with Gasteiger partial charge < -0.3 is 14.4 Å². The van der Waals surface area contributed by atoms with Crippen LogP contribution >= 0.6 is 0 Å². The summed E-state index contributed by atoms with van der Waals surface area (Å²) in [6.07, 6.45) is 6.08. The van der Waals surface area contributed by atoms with Crippen molar-refractivity contribution in [1.82, 2.24) is 23.8 Å². The minimum Gasteiger partial charge on any atom is -0.341 e. The number of aromatic nitrogens is 4. The molecule has 0 amide bonds. The summed E-state index contributed by atoms with van der Waals surface area (Å²) in [5.41, 5.74) is 8.10. The lowest BCUT2D eigenvalue weighted by atomic mass is 10.1. The number of para-hydroxylation sites is 3. The predicted octanol–water partition coefficient (Wildman–Crippen LogP) is 8.24. The maximum Gasteiger partial charge on any atom is 0.131 e. The van der Waals surface area contributed by atoms with E-state index in [1.54, 1.807) is 0 Å². The largest absolute Gasteiger partial charge is 0.341 e. The van der Waals surface area contributed by atoms with Gasteiger partial charge in [-0.25, -0.2) is 4.68 Å². The van der Waals surface area contributed by atoms with Crippen molar-refractivity contribution in [2.24, 2.45) is 0 Å². The van der Waals surface area contributed by atoms with Crippen LogP contribution in [-0.2, 0) is 0 Å². The number of anilines is 1. The highest BCUT2D eigenvalue weighted by atomic mass is 15.4. The highest BCUT2D eigenvalue weighted by Gasteiger charge is 2.24. The molecule has 6 nitrogen and oxygen atoms in total. The maximum absolute atomic E-state index is 4.48. The lowest BCUT2D eigenvalue weighted by molar-refractivity contribution is 0.498. The molecular formula is C37H28N6. The van der Waals surface area contributed by atoms with Crippen molar-refractivity contribution in [3.8, 4) is 11.4 Å². The topological polar surface area (TPSA) is 34.2 Å². The van der Waals surface area contributed by atoms with E-state index in [2.05, 4.69) is 153 Å². The van der Waals surface area contributed by atoms with Gasteiger partial charge in [0, 0.05) is 58.6 Å². The van der Waals surface area contributed by atoms with Gasteiger partial charge in [0.15, 0.2) is 0 Å². The summed E-state index contributed by atoms with van der Waals surface area (Å²) in [5.74, 6) is 1.16. The molecule has 0 saturated heterocycles. The van der Waals surface area contributed by atoms with Crippen molar-refractivity contribution in [3.63, 3.8) is 0 Å². The molecule has 43 heavy (non-hydrogen) atoms. The minimum atomic E-state index is 0.760. The molecule has 5 aromatic carbocycles. The molecular weight excluding hydrogens is 528 g/mol. The van der Waals surface area contributed by atoms with Gasteiger partial charge in [0.1, 0.15) is 5.82 Å². The molecule has 206 valence electrons. The van der Waals surface area contributed by atoms with E-state index >= 15 is 0 Å². The van der Waals surface area contributed by atoms with Crippen LogP contribution in [0.5, 0.6) is 0 Å². The SMILES string of the molecule is CN1CN(c2cccc(-n3c4ccccc4c4ccc(-n5cccn5)cc43)c2)C=C1n1c2ccccc2c2ccccc21. The Labute approximate surface area is 248 Å². The van der Waals surface area contributed by atoms with Crippen molar-refractivity contribution >= 4 is 55.1 Å². The van der Waals surface area contributed by atoms with Gasteiger partial charge in [-0.1, -0.05) is 66.7 Å². The van der Waals surface area contributed by atoms with E-state index in [4.69, 9.17) is 0 Å². The van der Waals surface area contributed by atoms with E-state index in [1.165, 1.54) is 38.1 Å². The molecule has 0 fully saturated rings. The van der Waals surface area contributed by atoms with E-state index in [-0.39, 0.29) is 0 Å². The zero-order chi connectivity index (χ0) is 28.5. The number of benzene rings is 5. The van der Waals surface area contributed by atoms with Crippen LogP contribution in [0, 0.1) is 0 Å². The molecule has 0 spiro atoms. The molecule has 8 aromatic rings. The number of hydrogen-bond donors (Lipinski definition) is 0. The highest BCUT2D eigenvalue weighted by Crippen LogP contribution is 2.37. The smallest absolute Gasteiger partial charge is 0.131 e. The first kappa shape index (κ1) is 23.9. The Kier molecular flexibility index (Phi) is 5.07. The van der Waals surface area contributed by atoms with Gasteiger partial charge in [-0.05, 0) is 54.6 Å². The second-order valence-electron chi connectivity index (χ2n) is 11.2. The van der Waals surface area contributed by atoms with Gasteiger partial charge in [0.2, 0.25) is 0 Å². The van der Waals surface area contributed by atoms with Crippen LogP contribution in [0.15, 0.2) is 140 Å². The van der Waals surface area contributed by atoms with E-state index in [9.17, 15) is 0 Å². The predicted molar refractivity (Wildman–Crippen MR) is 177 cm³/mol. The van der Waals surface area contributed by atoms with Crippen LogP contribution in [0.4, 0.5) is 5.69 Å². The van der Waals surface area contributed by atoms with Crippen molar-refractivity contribution < 1.29 is 0 Å². The van der Waals surface area contributed by atoms with Crippen LogP contribution in [0.2, 0.25) is 0 Å². The third-order valence-electron chi connectivity index (χ3n) is 8.68. The average molecular weight is 557 g/mol. The third kappa shape index (κ3) is 3.56. The molecule has 0 atom stereocenters. The molecule has 0 radical (unpaired) electrons. The number of fused-ring (bicyclic) bond motifs is 6. The minimum absolute atomic E-state index is 0.760. The maximum atomic E-state index is 4.48. The normalized spacial score (nSPS) is 13.7. The summed E-state index contributed by atoms with van der Waals surface area (Å²) < 4.78 is 6.68. The Morgan fingerprint density at radius 3 is 1.84 bits per heavy atom. The van der Waals surface area contributed by atoms with E-state index in [1.807, 2.05) is 23.1 Å². The Bertz CT molecular complexity index is 2300. The van der Waals surface area contributed by atoms with Crippen LogP contribution in [-0.4, -0.2) is 37.5 Å². The molecule has 3 aromatic heterocycles. The zero-order valence-electron chi connectivity index (χ0n) is 23.7. The number of rotatable bonds is 4. The number of nitrogens with zero attached hydrogens (tertiary/aromatic N) is 6. The van der Waals surface area contributed by atoms with Crippen LogP contribution in [0.25, 0.3) is 60.8 Å². The summed E-state index contributed by atoms with van der Waals surface area (Å²) in [4.78, 5) is 4.66. The lowest BCUT2D eigenvalue weighted by Gasteiger charge is -2.21. The number of hydrogen-bond acceptors (Lipinski definition) is 3. The second-order valence-corrected chi connectivity index (χ2v) is 11.2. The van der Waals surface area contributed by atoms with Crippen LogP contribution < -0.4 is 4.90 Å². The van der Waals surface area contributed by atoms with Gasteiger partial charge >= 0.3 is 0 Å². The van der Waals surface area contributed by atoms with Crippen molar-refractivity contribution in [1.29, 1.82) is 0 Å². The summed E-state index contributed by atoms with van der Waals surface area (Å²) in [6.45, 7) is 0.760. The quantitative estimate of drug-likeness (QED) is 0.219. The summed E-state index contributed by atoms with van der Waals surface area (Å²) in [5, 5.41) is 9.49. The van der Waals surface area contributed by atoms with E-state index in [0.29, 0.717) is 0 Å². The molecule has 0 saturated carbocycles. The van der Waals surface area contributed by atoms with Crippen molar-refractivity contribution in [2.45, 2.75) is 0 Å². The summed E-state index contributed by atoms with van der Waals surface area (Å²) in [7, 11) is 2.17. The van der Waals surface area contributed by atoms with Crippen molar-refractivity contribution in [3.05, 3.63) is 140 Å². The summed E-state index contributed by atoms with van der Waals surface area (Å²) in [6, 6.07) is 43.4. The first-order valence-electron chi connectivity index (χ1n) is 14.6. The lowest BCUT2D eigenvalue weighted by Crippen LogP contribution is -2.24. The molecule has 6 heteroatoms. The molecule has 0 N–H and O–H groups in total. The fraction of sp³-hybridized carbons (Fsp3) is 0.0541. The van der Waals surface area contributed by atoms with Crippen LogP contribution in [0.3, 0.4) is 0 Å². The van der Waals surface area contributed by atoms with Gasteiger partial charge in [-0.3, -0.25) is 4.57 Å². The summed E-state index contributed by atoms with van der Waals surface area (Å²) >= 11 is 0. The van der Waals surface area contributed by atoms with E-state index < -0.39 is 0 Å². The Morgan fingerprint density at radius 2 is 1.16 bits per heavy atom. The first-order chi connectivity index (χ1) is 21.2. The van der Waals surface area contributed by atoms with E-state index in [0.717, 1.165) is 35.1 Å². The fourth-order valence-corrected chi connectivity index (χ4v) is 6.75. The third-order valence-corrected chi connectivity index (χ3v) is 8.68. The molecule has 0 aliphatic carbocycles. The average Bonchev–Trinajstić information content (AvgIpc) is 3.84. The fourth-order valence-electron chi connectivity index (χ4n) is 6.75. The van der Waals surface area contributed by atoms with Gasteiger partial charge in [0.05, 0.1) is 34.4 Å². The van der Waals surface area contributed by atoms with Gasteiger partial charge in [-0.15, -0.1) is 0 Å². The van der Waals surface area contributed by atoms with Crippen molar-refractivity contribution in [2.75, 3.05) is 18.6 Å². The van der Waals surface area contributed by atoms with Gasteiger partial charge in [-0.2, -0.15) is 5.10 Å². The molecule has 0 bridgehead atoms. The second kappa shape index (κ2) is 9.13. The molecule has 1 aliphatic heterocycles. The highest BCUT2D eigenvalue weighted by molar-refractivity contribution is 6.11. The molecule has 9 rings (SSSR count). The standard InChI is InChI=1S/C37H28N6/c1-39-25-40(24-37(39)43-34-16-6-3-12-29(34)30-13-4-7-17-35(30)43)26-10-8-11-28(22-26)42-33-15-5-2-14-31(33)32-19-18-27(23-36(32)42)41-21-9-20-38-41/h2-24H,25H2,1H3. The molecule has 4 heterocycles. The molecule has 0 unspecified atom stereocenters. The Hall–Kier alpha value is -5.75. The molecule has 1 aliphatic rings. The van der Waals surface area contributed by atoms with Crippen LogP contribution in [0.1, 0.15) is 0 Å². The first-order valence-corrected chi connectivity index (χ1v) is 14.6. The Morgan fingerprint density at radius 1 is 0.535 bits per heavy atom. The van der Waals surface area contributed by atoms with Gasteiger partial charge in [0.25, 0.3) is 0 Å². The Balaban J connectivity index is 1.19.